The Morgan fingerprint density at radius 2 is 0.536 bits per heavy atom. The Morgan fingerprint density at radius 3 is 0.768 bits per heavy atom. The number of hydrogen-bond donors (Lipinski definition) is 8. The van der Waals surface area contributed by atoms with Crippen LogP contribution >= 0.6 is 101 Å². The predicted molar refractivity (Wildman–Crippen MR) is 571 cm³/mol. The second-order valence-electron chi connectivity index (χ2n) is 37.0. The number of halogens is 8. The highest BCUT2D eigenvalue weighted by molar-refractivity contribution is 9.10. The van der Waals surface area contributed by atoms with Crippen LogP contribution in [0.1, 0.15) is 162 Å². The first kappa shape index (κ1) is 103. The minimum Gasteiger partial charge on any atom is -0.326 e. The normalized spacial score (nSPS) is 15.4. The van der Waals surface area contributed by atoms with Gasteiger partial charge < -0.3 is 42.5 Å². The van der Waals surface area contributed by atoms with Crippen LogP contribution in [-0.2, 0) is 64.0 Å². The third kappa shape index (κ3) is 29.0. The first-order valence-electron chi connectivity index (χ1n) is 45.1. The van der Waals surface area contributed by atoms with Crippen molar-refractivity contribution < 1.29 is 38.4 Å². The Labute approximate surface area is 851 Å². The molecule has 8 N–H and O–H groups in total. The molecule has 12 aromatic carbocycles. The van der Waals surface area contributed by atoms with Gasteiger partial charge in [0.25, 0.3) is 0 Å². The largest absolute Gasteiger partial charge is 0.326 e. The van der Waals surface area contributed by atoms with E-state index in [0.29, 0.717) is 150 Å². The van der Waals surface area contributed by atoms with Crippen LogP contribution < -0.4 is 42.5 Å². The quantitative estimate of drug-likeness (QED) is 0.0322. The lowest BCUT2D eigenvalue weighted by atomic mass is 9.92. The SMILES string of the molecule is CC(C)(C)CC(=O)Nc1ccc(C2=NC(Cc3ccccc3Br)C(=O)Nc3ccc(Cl)cc32)cc1.CC(C)(C)CC(=O)Nc1ccc(C2=NC(Cc3ccccc3Cl)C(=O)Nc3ccc(Cl)cc32)cc1.CC(C)CC(=O)Nc1ccc(C2=NC(Cc3ccccc3Br)C(=O)Nc3ccc(Cl)cc32)cc1.CC(C)CC(=O)Nc1ccc(C2=NC(Cc3ccccc3Cl)C(=O)Nc3ccc(Cl)cc32)cc1. The molecule has 0 fully saturated rings. The highest BCUT2D eigenvalue weighted by atomic mass is 79.9. The molecule has 138 heavy (non-hydrogen) atoms. The first-order chi connectivity index (χ1) is 65.8. The maximum Gasteiger partial charge on any atom is 0.249 e. The third-order valence-corrected chi connectivity index (χ3v) is 25.4. The Morgan fingerprint density at radius 1 is 0.312 bits per heavy atom. The smallest absolute Gasteiger partial charge is 0.249 e. The zero-order chi connectivity index (χ0) is 98.8. The van der Waals surface area contributed by atoms with Crippen molar-refractivity contribution >= 4 is 217 Å². The van der Waals surface area contributed by atoms with Crippen molar-refractivity contribution in [3.05, 3.63) is 373 Å². The van der Waals surface area contributed by atoms with Gasteiger partial charge in [0.2, 0.25) is 47.3 Å². The molecule has 0 spiro atoms. The number of carbonyl (C=O) groups is 8. The summed E-state index contributed by atoms with van der Waals surface area (Å²) in [6.45, 7) is 20.2. The van der Waals surface area contributed by atoms with E-state index < -0.39 is 24.2 Å². The van der Waals surface area contributed by atoms with Crippen molar-refractivity contribution in [3.63, 3.8) is 0 Å². The molecule has 0 saturated carbocycles. The summed E-state index contributed by atoms with van der Waals surface area (Å²) in [6, 6.07) is 79.2. The van der Waals surface area contributed by atoms with Crippen LogP contribution in [0.4, 0.5) is 45.5 Å². The Kier molecular flexibility index (Phi) is 35.1. The summed E-state index contributed by atoms with van der Waals surface area (Å²) in [5.41, 5.74) is 17.8. The van der Waals surface area contributed by atoms with Crippen LogP contribution in [0.3, 0.4) is 0 Å². The summed E-state index contributed by atoms with van der Waals surface area (Å²) < 4.78 is 1.87. The van der Waals surface area contributed by atoms with Gasteiger partial charge in [-0.3, -0.25) is 58.3 Å². The number of carbonyl (C=O) groups excluding carboxylic acids is 8. The van der Waals surface area contributed by atoms with Gasteiger partial charge in [0, 0.05) is 158 Å². The van der Waals surface area contributed by atoms with Gasteiger partial charge in [-0.15, -0.1) is 0 Å². The summed E-state index contributed by atoms with van der Waals surface area (Å²) in [6.07, 6.45) is 3.38. The van der Waals surface area contributed by atoms with E-state index in [2.05, 4.69) is 74.4 Å². The molecule has 0 saturated heterocycles. The number of benzodiazepines with no additional fused rings is 4. The zero-order valence-electron chi connectivity index (χ0n) is 77.6. The molecule has 12 aromatic rings. The van der Waals surface area contributed by atoms with Crippen molar-refractivity contribution in [3.8, 4) is 0 Å². The molecule has 4 unspecified atom stereocenters. The van der Waals surface area contributed by atoms with Crippen molar-refractivity contribution in [2.45, 2.75) is 145 Å². The van der Waals surface area contributed by atoms with Gasteiger partial charge in [-0.25, -0.2) is 0 Å². The predicted octanol–water partition coefficient (Wildman–Crippen LogP) is 26.5. The molecule has 20 nitrogen and oxygen atoms in total. The van der Waals surface area contributed by atoms with Crippen LogP contribution in [0.2, 0.25) is 30.1 Å². The van der Waals surface area contributed by atoms with Crippen LogP contribution in [-0.4, -0.2) is 94.3 Å². The van der Waals surface area contributed by atoms with E-state index in [1.165, 1.54) is 0 Å². The molecule has 0 radical (unpaired) electrons. The van der Waals surface area contributed by atoms with Crippen molar-refractivity contribution in [1.29, 1.82) is 0 Å². The van der Waals surface area contributed by atoms with Crippen molar-refractivity contribution in [2.75, 3.05) is 42.5 Å². The maximum absolute atomic E-state index is 13.1. The lowest BCUT2D eigenvalue weighted by Gasteiger charge is -2.17. The van der Waals surface area contributed by atoms with E-state index in [0.717, 1.165) is 75.7 Å². The standard InChI is InChI=1S/C28H27BrClN3O2.C28H27Cl2N3O2.C27H25BrClN3O2.C27H25Cl2N3O2/c1-28(2,3)16-25(34)31-20-11-8-17(9-12-20)26-21-15-19(30)10-13-23(21)33-27(35)24(32-26)14-18-6-4-5-7-22(18)29;1-28(2,3)16-25(34)31-20-11-8-17(9-12-20)26-21-15-19(29)10-13-23(21)33-27(35)24(32-26)14-18-6-4-5-7-22(18)30;1-16(2)13-25(33)30-20-10-7-17(8-11-20)26-21-15-19(29)9-12-23(21)32-27(34)24(31-26)14-18-5-3-4-6-22(18)28;1-16(2)13-25(33)30-20-10-7-17(8-11-20)26-21-15-19(28)9-12-23(21)32-27(34)24(31-26)14-18-5-3-4-6-22(18)29/h2*4-13,15,24H,14,16H2,1-3H3,(H,31,34)(H,33,35);2*3-12,15-16,24H,13-14H2,1-2H3,(H,30,33)(H,32,34). The van der Waals surface area contributed by atoms with Crippen LogP contribution in [0.15, 0.2) is 296 Å². The summed E-state index contributed by atoms with van der Waals surface area (Å²) in [7, 11) is 0. The Bertz CT molecular complexity index is 6300. The molecule has 708 valence electrons. The lowest BCUT2D eigenvalue weighted by molar-refractivity contribution is -0.118. The molecule has 16 rings (SSSR count). The maximum atomic E-state index is 13.1. The number of amides is 8. The second kappa shape index (κ2) is 47.0. The number of nitrogens with one attached hydrogen (secondary N) is 8. The monoisotopic (exact) mass is 2090 g/mol. The van der Waals surface area contributed by atoms with Crippen molar-refractivity contribution in [2.24, 2.45) is 42.6 Å². The van der Waals surface area contributed by atoms with Crippen LogP contribution in [0.25, 0.3) is 0 Å². The fourth-order valence-electron chi connectivity index (χ4n) is 15.6. The molecule has 0 bridgehead atoms. The van der Waals surface area contributed by atoms with Gasteiger partial charge in [-0.05, 0) is 191 Å². The lowest BCUT2D eigenvalue weighted by Crippen LogP contribution is -2.27. The number of aliphatic imine (C=N–C) groups is 4. The minimum absolute atomic E-state index is 0.0185. The number of hydrogen-bond acceptors (Lipinski definition) is 12. The number of anilines is 8. The van der Waals surface area contributed by atoms with Gasteiger partial charge in [0.1, 0.15) is 24.2 Å². The molecule has 28 heteroatoms. The van der Waals surface area contributed by atoms with Gasteiger partial charge >= 0.3 is 0 Å². The number of rotatable bonds is 22. The second-order valence-corrected chi connectivity index (χ2v) is 41.3. The number of nitrogens with zero attached hydrogens (tertiary/aromatic N) is 4. The number of fused-ring (bicyclic) bond motifs is 4. The van der Waals surface area contributed by atoms with Crippen molar-refractivity contribution in [1.82, 2.24) is 0 Å². The van der Waals surface area contributed by atoms with Gasteiger partial charge in [0.05, 0.1) is 45.6 Å². The first-order valence-corrected chi connectivity index (χ1v) is 48.9. The molecule has 4 heterocycles. The average molecular weight is 2090 g/mol. The fourth-order valence-corrected chi connectivity index (χ4v) is 17.6. The van der Waals surface area contributed by atoms with E-state index in [9.17, 15) is 38.4 Å². The van der Waals surface area contributed by atoms with Gasteiger partial charge in [-0.1, -0.05) is 292 Å². The van der Waals surface area contributed by atoms with Gasteiger partial charge in [-0.2, -0.15) is 0 Å². The Balaban J connectivity index is 0.000000155. The zero-order valence-corrected chi connectivity index (χ0v) is 85.3. The van der Waals surface area contributed by atoms with E-state index in [4.69, 9.17) is 89.6 Å². The molecule has 8 amide bonds. The topological polar surface area (TPSA) is 282 Å². The molecular weight excluding hydrogens is 1990 g/mol. The molecule has 0 aromatic heterocycles. The average Bonchev–Trinajstić information content (AvgIpc) is 1.67. The molecule has 0 aliphatic carbocycles. The van der Waals surface area contributed by atoms with Crippen LogP contribution in [0.5, 0.6) is 0 Å². The number of benzene rings is 12. The van der Waals surface area contributed by atoms with E-state index >= 15 is 0 Å². The third-order valence-electron chi connectivity index (χ3n) is 22.2. The highest BCUT2D eigenvalue weighted by Gasteiger charge is 2.34. The van der Waals surface area contributed by atoms with E-state index in [1.54, 1.807) is 72.8 Å². The van der Waals surface area contributed by atoms with E-state index in [1.807, 2.05) is 263 Å². The minimum atomic E-state index is -0.678. The van der Waals surface area contributed by atoms with Gasteiger partial charge in [0.15, 0.2) is 0 Å². The summed E-state index contributed by atoms with van der Waals surface area (Å²) in [5.74, 6) is -0.325. The molecule has 4 aliphatic rings. The fraction of sp³-hybridized carbons (Fsp3) is 0.236. The molecule has 4 aliphatic heterocycles. The molecular formula is C110H104Br2Cl6N12O8. The summed E-state index contributed by atoms with van der Waals surface area (Å²) >= 11 is 45.1. The van der Waals surface area contributed by atoms with Crippen LogP contribution in [0, 0.1) is 22.7 Å². The summed E-state index contributed by atoms with van der Waals surface area (Å²) in [4.78, 5) is 121. The molecule has 4 atom stereocenters. The van der Waals surface area contributed by atoms with E-state index in [-0.39, 0.29) is 69.9 Å². The Hall–Kier alpha value is -12.2. The summed E-state index contributed by atoms with van der Waals surface area (Å²) in [5, 5.41) is 27.1. The highest BCUT2D eigenvalue weighted by Crippen LogP contribution is 2.37.